The second-order valence-corrected chi connectivity index (χ2v) is 7.82. The minimum absolute atomic E-state index is 0.0622. The maximum Gasteiger partial charge on any atom is 0.236 e. The molecule has 0 saturated carbocycles. The molecule has 2 aromatic carbocycles. The summed E-state index contributed by atoms with van der Waals surface area (Å²) in [7, 11) is 0. The molecule has 3 rings (SSSR count). The van der Waals surface area contributed by atoms with Crippen LogP contribution in [0.4, 0.5) is 5.13 Å². The number of halogens is 1. The average molecular weight is 420 g/mol. The highest BCUT2D eigenvalue weighted by Crippen LogP contribution is 2.26. The van der Waals surface area contributed by atoms with Gasteiger partial charge < -0.3 is 0 Å². The highest BCUT2D eigenvalue weighted by molar-refractivity contribution is 9.10. The number of rotatable bonds is 6. The maximum atomic E-state index is 12.0. The first-order valence-corrected chi connectivity index (χ1v) is 9.98. The van der Waals surface area contributed by atoms with Crippen LogP contribution >= 0.6 is 39.0 Å². The average Bonchev–Trinajstić information content (AvgIpc) is 3.06. The Bertz CT molecular complexity index is 806. The van der Waals surface area contributed by atoms with E-state index in [1.165, 1.54) is 16.9 Å². The zero-order valence-electron chi connectivity index (χ0n) is 12.6. The van der Waals surface area contributed by atoms with Crippen LogP contribution in [0, 0.1) is 0 Å². The summed E-state index contributed by atoms with van der Waals surface area (Å²) in [6, 6.07) is 17.9. The Labute approximate surface area is 156 Å². The lowest BCUT2D eigenvalue weighted by Gasteiger charge is -2.02. The number of amides is 1. The van der Waals surface area contributed by atoms with Gasteiger partial charge in [-0.25, -0.2) is 0 Å². The van der Waals surface area contributed by atoms with Gasteiger partial charge in [0.05, 0.1) is 5.75 Å². The minimum atomic E-state index is -0.0622. The highest BCUT2D eigenvalue weighted by atomic mass is 79.9. The molecule has 0 fully saturated rings. The molecule has 0 atom stereocenters. The van der Waals surface area contributed by atoms with Crippen molar-refractivity contribution in [2.24, 2.45) is 0 Å². The van der Waals surface area contributed by atoms with Gasteiger partial charge in [-0.1, -0.05) is 69.7 Å². The Morgan fingerprint density at radius 3 is 2.58 bits per heavy atom. The Morgan fingerprint density at radius 1 is 1.08 bits per heavy atom. The molecule has 1 amide bonds. The molecule has 0 radical (unpaired) electrons. The van der Waals surface area contributed by atoms with E-state index < -0.39 is 0 Å². The summed E-state index contributed by atoms with van der Waals surface area (Å²) in [6.07, 6.45) is 0. The van der Waals surface area contributed by atoms with E-state index in [0.29, 0.717) is 10.9 Å². The molecule has 0 aliphatic carbocycles. The first-order chi connectivity index (χ1) is 11.7. The lowest BCUT2D eigenvalue weighted by molar-refractivity contribution is -0.113. The van der Waals surface area contributed by atoms with E-state index in [-0.39, 0.29) is 5.91 Å². The molecule has 1 N–H and O–H groups in total. The zero-order chi connectivity index (χ0) is 16.8. The number of thioether (sulfide) groups is 1. The molecule has 1 aromatic heterocycles. The van der Waals surface area contributed by atoms with Crippen LogP contribution in [0.5, 0.6) is 0 Å². The Morgan fingerprint density at radius 2 is 1.83 bits per heavy atom. The SMILES string of the molecule is O=C(CSCc1ccc(Br)cc1)Nc1nnc(-c2ccccc2)s1. The van der Waals surface area contributed by atoms with Crippen molar-refractivity contribution in [2.45, 2.75) is 5.75 Å². The number of hydrogen-bond acceptors (Lipinski definition) is 5. The fraction of sp³-hybridized carbons (Fsp3) is 0.118. The van der Waals surface area contributed by atoms with Crippen LogP contribution in [0.2, 0.25) is 0 Å². The van der Waals surface area contributed by atoms with Gasteiger partial charge in [-0.15, -0.1) is 22.0 Å². The fourth-order valence-electron chi connectivity index (χ4n) is 1.97. The second-order valence-electron chi connectivity index (χ2n) is 4.95. The topological polar surface area (TPSA) is 54.9 Å². The van der Waals surface area contributed by atoms with Crippen LogP contribution in [0.1, 0.15) is 5.56 Å². The molecule has 122 valence electrons. The van der Waals surface area contributed by atoms with Crippen molar-refractivity contribution < 1.29 is 4.79 Å². The number of benzene rings is 2. The molecule has 3 aromatic rings. The third kappa shape index (κ3) is 4.90. The number of carbonyl (C=O) groups excluding carboxylic acids is 1. The van der Waals surface area contributed by atoms with Crippen LogP contribution in [-0.2, 0) is 10.5 Å². The first-order valence-electron chi connectivity index (χ1n) is 7.22. The summed E-state index contributed by atoms with van der Waals surface area (Å²) in [4.78, 5) is 12.0. The van der Waals surface area contributed by atoms with Crippen molar-refractivity contribution in [3.8, 4) is 10.6 Å². The van der Waals surface area contributed by atoms with E-state index in [0.717, 1.165) is 20.8 Å². The number of carbonyl (C=O) groups is 1. The van der Waals surface area contributed by atoms with E-state index in [2.05, 4.69) is 31.4 Å². The Kier molecular flexibility index (Phi) is 6.01. The minimum Gasteiger partial charge on any atom is -0.300 e. The van der Waals surface area contributed by atoms with E-state index in [1.807, 2.05) is 54.6 Å². The second kappa shape index (κ2) is 8.41. The monoisotopic (exact) mass is 419 g/mol. The number of aromatic nitrogens is 2. The van der Waals surface area contributed by atoms with Gasteiger partial charge >= 0.3 is 0 Å². The highest BCUT2D eigenvalue weighted by Gasteiger charge is 2.09. The predicted octanol–water partition coefficient (Wildman–Crippen LogP) is 4.84. The number of hydrogen-bond donors (Lipinski definition) is 1. The van der Waals surface area contributed by atoms with E-state index in [1.54, 1.807) is 11.8 Å². The van der Waals surface area contributed by atoms with Crippen LogP contribution < -0.4 is 5.32 Å². The number of anilines is 1. The molecule has 1 heterocycles. The van der Waals surface area contributed by atoms with Gasteiger partial charge in [-0.3, -0.25) is 10.1 Å². The van der Waals surface area contributed by atoms with E-state index in [9.17, 15) is 4.79 Å². The molecule has 7 heteroatoms. The zero-order valence-corrected chi connectivity index (χ0v) is 15.8. The van der Waals surface area contributed by atoms with Crippen molar-refractivity contribution in [2.75, 3.05) is 11.1 Å². The van der Waals surface area contributed by atoms with Gasteiger partial charge in [0.1, 0.15) is 5.01 Å². The predicted molar refractivity (Wildman–Crippen MR) is 104 cm³/mol. The Balaban J connectivity index is 1.48. The molecule has 0 saturated heterocycles. The standard InChI is InChI=1S/C17H14BrN3OS2/c18-14-8-6-12(7-9-14)10-23-11-15(22)19-17-21-20-16(24-17)13-4-2-1-3-5-13/h1-9H,10-11H2,(H,19,21,22). The summed E-state index contributed by atoms with van der Waals surface area (Å²) in [6.45, 7) is 0. The van der Waals surface area contributed by atoms with Crippen molar-refractivity contribution in [3.05, 3.63) is 64.6 Å². The maximum absolute atomic E-state index is 12.0. The van der Waals surface area contributed by atoms with Crippen LogP contribution in [0.3, 0.4) is 0 Å². The third-order valence-electron chi connectivity index (χ3n) is 3.11. The van der Waals surface area contributed by atoms with Gasteiger partial charge in [-0.05, 0) is 17.7 Å². The quantitative estimate of drug-likeness (QED) is 0.620. The molecular weight excluding hydrogens is 406 g/mol. The summed E-state index contributed by atoms with van der Waals surface area (Å²) in [5.74, 6) is 1.12. The largest absolute Gasteiger partial charge is 0.300 e. The van der Waals surface area contributed by atoms with Crippen LogP contribution in [-0.4, -0.2) is 21.9 Å². The molecule has 0 spiro atoms. The summed E-state index contributed by atoms with van der Waals surface area (Å²) >= 11 is 6.36. The summed E-state index contributed by atoms with van der Waals surface area (Å²) in [5.41, 5.74) is 2.19. The lowest BCUT2D eigenvalue weighted by Crippen LogP contribution is -2.13. The molecule has 4 nitrogen and oxygen atoms in total. The summed E-state index contributed by atoms with van der Waals surface area (Å²) in [5, 5.41) is 12.3. The van der Waals surface area contributed by atoms with Gasteiger partial charge in [0, 0.05) is 15.8 Å². The lowest BCUT2D eigenvalue weighted by atomic mass is 10.2. The van der Waals surface area contributed by atoms with Gasteiger partial charge in [0.25, 0.3) is 0 Å². The Hall–Kier alpha value is -1.70. The molecule has 0 unspecified atom stereocenters. The normalized spacial score (nSPS) is 10.5. The van der Waals surface area contributed by atoms with Gasteiger partial charge in [0.2, 0.25) is 11.0 Å². The van der Waals surface area contributed by atoms with Gasteiger partial charge in [0.15, 0.2) is 0 Å². The molecular formula is C17H14BrN3OS2. The molecule has 0 aliphatic heterocycles. The number of nitrogens with zero attached hydrogens (tertiary/aromatic N) is 2. The van der Waals surface area contributed by atoms with Crippen molar-refractivity contribution in [1.29, 1.82) is 0 Å². The molecule has 0 aliphatic rings. The number of nitrogens with one attached hydrogen (secondary N) is 1. The first kappa shape index (κ1) is 17.1. The van der Waals surface area contributed by atoms with E-state index >= 15 is 0 Å². The van der Waals surface area contributed by atoms with Crippen molar-refractivity contribution in [3.63, 3.8) is 0 Å². The smallest absolute Gasteiger partial charge is 0.236 e. The third-order valence-corrected chi connectivity index (χ3v) is 5.53. The summed E-state index contributed by atoms with van der Waals surface area (Å²) < 4.78 is 1.06. The van der Waals surface area contributed by atoms with Crippen LogP contribution in [0.25, 0.3) is 10.6 Å². The van der Waals surface area contributed by atoms with E-state index in [4.69, 9.17) is 0 Å². The molecule has 24 heavy (non-hydrogen) atoms. The van der Waals surface area contributed by atoms with Crippen molar-refractivity contribution >= 4 is 50.1 Å². The molecule has 0 bridgehead atoms. The van der Waals surface area contributed by atoms with Crippen LogP contribution in [0.15, 0.2) is 59.1 Å². The fourth-order valence-corrected chi connectivity index (χ4v) is 3.79. The van der Waals surface area contributed by atoms with Crippen molar-refractivity contribution in [1.82, 2.24) is 10.2 Å². The van der Waals surface area contributed by atoms with Gasteiger partial charge in [-0.2, -0.15) is 0 Å².